The summed E-state index contributed by atoms with van der Waals surface area (Å²) < 4.78 is 0. The van der Waals surface area contributed by atoms with Crippen LogP contribution in [0, 0.1) is 12.8 Å². The second-order valence-corrected chi connectivity index (χ2v) is 4.24. The monoisotopic (exact) mass is 242 g/mol. The molecule has 0 aliphatic heterocycles. The van der Waals surface area contributed by atoms with Crippen molar-refractivity contribution < 1.29 is 15.0 Å². The quantitative estimate of drug-likeness (QED) is 0.854. The minimum absolute atomic E-state index is 0.387. The van der Waals surface area contributed by atoms with E-state index in [4.69, 9.17) is 16.7 Å². The molecule has 0 saturated carbocycles. The third kappa shape index (κ3) is 2.74. The highest BCUT2D eigenvalue weighted by Crippen LogP contribution is 2.28. The average Bonchev–Trinajstić information content (AvgIpc) is 2.17. The number of carboxylic acid groups (broad SMARTS) is 1. The Morgan fingerprint density at radius 1 is 1.50 bits per heavy atom. The van der Waals surface area contributed by atoms with Crippen LogP contribution >= 0.6 is 11.6 Å². The standard InChI is InChI=1S/C12H15ClO3/c1-3-9(12(15)16)11(14)10-5-4-8(13)6-7(10)2/h4-6,9,11,14H,3H2,1-2H3,(H,15,16). The largest absolute Gasteiger partial charge is 0.481 e. The van der Waals surface area contributed by atoms with E-state index in [1.165, 1.54) is 0 Å². The molecule has 0 aliphatic rings. The number of carboxylic acids is 1. The molecule has 1 rings (SSSR count). The molecule has 0 amide bonds. The van der Waals surface area contributed by atoms with Crippen LogP contribution in [0.15, 0.2) is 18.2 Å². The average molecular weight is 243 g/mol. The van der Waals surface area contributed by atoms with Gasteiger partial charge in [-0.15, -0.1) is 0 Å². The van der Waals surface area contributed by atoms with Crippen molar-refractivity contribution in [2.24, 2.45) is 5.92 Å². The first-order valence-electron chi connectivity index (χ1n) is 5.14. The lowest BCUT2D eigenvalue weighted by Gasteiger charge is -2.19. The number of aliphatic carboxylic acids is 1. The van der Waals surface area contributed by atoms with E-state index in [1.54, 1.807) is 32.0 Å². The van der Waals surface area contributed by atoms with Gasteiger partial charge in [0.05, 0.1) is 12.0 Å². The van der Waals surface area contributed by atoms with Gasteiger partial charge >= 0.3 is 5.97 Å². The Morgan fingerprint density at radius 2 is 2.12 bits per heavy atom. The number of carbonyl (C=O) groups is 1. The van der Waals surface area contributed by atoms with Crippen LogP contribution in [-0.2, 0) is 4.79 Å². The molecular formula is C12H15ClO3. The Kier molecular flexibility index (Phi) is 4.33. The Bertz CT molecular complexity index is 390. The summed E-state index contributed by atoms with van der Waals surface area (Å²) >= 11 is 5.80. The van der Waals surface area contributed by atoms with E-state index in [1.807, 2.05) is 0 Å². The molecular weight excluding hydrogens is 228 g/mol. The third-order valence-electron chi connectivity index (χ3n) is 2.69. The summed E-state index contributed by atoms with van der Waals surface area (Å²) in [4.78, 5) is 10.9. The van der Waals surface area contributed by atoms with E-state index in [0.717, 1.165) is 5.56 Å². The summed E-state index contributed by atoms with van der Waals surface area (Å²) in [5.74, 6) is -1.76. The van der Waals surface area contributed by atoms with Gasteiger partial charge in [0.1, 0.15) is 0 Å². The topological polar surface area (TPSA) is 57.5 Å². The maximum atomic E-state index is 10.9. The smallest absolute Gasteiger partial charge is 0.309 e. The van der Waals surface area contributed by atoms with E-state index in [0.29, 0.717) is 17.0 Å². The first kappa shape index (κ1) is 13.0. The summed E-state index contributed by atoms with van der Waals surface area (Å²) in [6.07, 6.45) is -0.599. The molecule has 0 spiro atoms. The predicted molar refractivity (Wildman–Crippen MR) is 62.6 cm³/mol. The Balaban J connectivity index is 3.03. The van der Waals surface area contributed by atoms with Gasteiger partial charge in [0.15, 0.2) is 0 Å². The van der Waals surface area contributed by atoms with Gasteiger partial charge in [-0.2, -0.15) is 0 Å². The summed E-state index contributed by atoms with van der Waals surface area (Å²) in [5.41, 5.74) is 1.43. The number of rotatable bonds is 4. The highest BCUT2D eigenvalue weighted by molar-refractivity contribution is 6.30. The van der Waals surface area contributed by atoms with Gasteiger partial charge in [-0.3, -0.25) is 4.79 Å². The Morgan fingerprint density at radius 3 is 2.56 bits per heavy atom. The first-order chi connectivity index (χ1) is 7.47. The van der Waals surface area contributed by atoms with Gasteiger partial charge in [0, 0.05) is 5.02 Å². The van der Waals surface area contributed by atoms with Crippen molar-refractivity contribution in [1.29, 1.82) is 0 Å². The van der Waals surface area contributed by atoms with Crippen LogP contribution in [0.4, 0.5) is 0 Å². The van der Waals surface area contributed by atoms with Gasteiger partial charge in [0.25, 0.3) is 0 Å². The number of benzene rings is 1. The van der Waals surface area contributed by atoms with Crippen molar-refractivity contribution >= 4 is 17.6 Å². The van der Waals surface area contributed by atoms with E-state index in [2.05, 4.69) is 0 Å². The fourth-order valence-corrected chi connectivity index (χ4v) is 1.95. The second kappa shape index (κ2) is 5.32. The van der Waals surface area contributed by atoms with Gasteiger partial charge in [0.2, 0.25) is 0 Å². The number of hydrogen-bond donors (Lipinski definition) is 2. The molecule has 0 aromatic heterocycles. The van der Waals surface area contributed by atoms with E-state index < -0.39 is 18.0 Å². The van der Waals surface area contributed by atoms with Crippen molar-refractivity contribution in [1.82, 2.24) is 0 Å². The van der Waals surface area contributed by atoms with Crippen LogP contribution in [0.1, 0.15) is 30.6 Å². The molecule has 0 heterocycles. The van der Waals surface area contributed by atoms with Crippen LogP contribution in [0.2, 0.25) is 5.02 Å². The Hall–Kier alpha value is -1.06. The fraction of sp³-hybridized carbons (Fsp3) is 0.417. The zero-order valence-corrected chi connectivity index (χ0v) is 10.0. The molecule has 0 fully saturated rings. The highest BCUT2D eigenvalue weighted by Gasteiger charge is 2.26. The summed E-state index contributed by atoms with van der Waals surface area (Å²) in [6, 6.07) is 5.05. The minimum Gasteiger partial charge on any atom is -0.481 e. The lowest BCUT2D eigenvalue weighted by molar-refractivity contribution is -0.146. The van der Waals surface area contributed by atoms with Crippen molar-refractivity contribution in [2.45, 2.75) is 26.4 Å². The molecule has 88 valence electrons. The van der Waals surface area contributed by atoms with Crippen molar-refractivity contribution in [3.8, 4) is 0 Å². The molecule has 0 radical (unpaired) electrons. The molecule has 0 aliphatic carbocycles. The van der Waals surface area contributed by atoms with Gasteiger partial charge in [-0.25, -0.2) is 0 Å². The third-order valence-corrected chi connectivity index (χ3v) is 2.92. The van der Waals surface area contributed by atoms with E-state index in [9.17, 15) is 9.90 Å². The SMILES string of the molecule is CCC(C(=O)O)C(O)c1ccc(Cl)cc1C. The molecule has 1 aromatic carbocycles. The van der Waals surface area contributed by atoms with Gasteiger partial charge in [-0.05, 0) is 36.6 Å². The molecule has 16 heavy (non-hydrogen) atoms. The van der Waals surface area contributed by atoms with Crippen LogP contribution in [0.25, 0.3) is 0 Å². The minimum atomic E-state index is -0.986. The fourth-order valence-electron chi connectivity index (χ4n) is 1.72. The number of hydrogen-bond acceptors (Lipinski definition) is 2. The van der Waals surface area contributed by atoms with Crippen LogP contribution < -0.4 is 0 Å². The van der Waals surface area contributed by atoms with Crippen molar-refractivity contribution in [2.75, 3.05) is 0 Å². The number of aliphatic hydroxyl groups is 1. The lowest BCUT2D eigenvalue weighted by Crippen LogP contribution is -2.21. The second-order valence-electron chi connectivity index (χ2n) is 3.80. The molecule has 2 unspecified atom stereocenters. The molecule has 1 aromatic rings. The summed E-state index contributed by atoms with van der Waals surface area (Å²) in [5, 5.41) is 19.5. The molecule has 2 atom stereocenters. The van der Waals surface area contributed by atoms with Crippen molar-refractivity contribution in [3.63, 3.8) is 0 Å². The van der Waals surface area contributed by atoms with Gasteiger partial charge < -0.3 is 10.2 Å². The normalized spacial score (nSPS) is 14.5. The van der Waals surface area contributed by atoms with Gasteiger partial charge in [-0.1, -0.05) is 24.6 Å². The van der Waals surface area contributed by atoms with Crippen LogP contribution in [0.5, 0.6) is 0 Å². The first-order valence-corrected chi connectivity index (χ1v) is 5.52. The maximum Gasteiger partial charge on any atom is 0.309 e. The molecule has 0 bridgehead atoms. The predicted octanol–water partition coefficient (Wildman–Crippen LogP) is 2.79. The summed E-state index contributed by atoms with van der Waals surface area (Å²) in [7, 11) is 0. The Labute approximate surface area is 99.7 Å². The number of aryl methyl sites for hydroxylation is 1. The van der Waals surface area contributed by atoms with Crippen molar-refractivity contribution in [3.05, 3.63) is 34.3 Å². The van der Waals surface area contributed by atoms with Crippen LogP contribution in [-0.4, -0.2) is 16.2 Å². The van der Waals surface area contributed by atoms with E-state index >= 15 is 0 Å². The molecule has 4 heteroatoms. The molecule has 3 nitrogen and oxygen atoms in total. The maximum absolute atomic E-state index is 10.9. The van der Waals surface area contributed by atoms with Crippen LogP contribution in [0.3, 0.4) is 0 Å². The number of halogens is 1. The van der Waals surface area contributed by atoms with E-state index in [-0.39, 0.29) is 0 Å². The molecule has 0 saturated heterocycles. The summed E-state index contributed by atoms with van der Waals surface area (Å²) in [6.45, 7) is 3.55. The highest BCUT2D eigenvalue weighted by atomic mass is 35.5. The molecule has 2 N–H and O–H groups in total. The lowest BCUT2D eigenvalue weighted by atomic mass is 9.91. The number of aliphatic hydroxyl groups excluding tert-OH is 1. The zero-order valence-electron chi connectivity index (χ0n) is 9.27. The zero-order chi connectivity index (χ0) is 12.3.